The summed E-state index contributed by atoms with van der Waals surface area (Å²) >= 11 is 0. The van der Waals surface area contributed by atoms with Crippen molar-refractivity contribution < 1.29 is 23.1 Å². The van der Waals surface area contributed by atoms with E-state index >= 15 is 0 Å². The number of methoxy groups -OCH3 is 1. The molecule has 0 fully saturated rings. The van der Waals surface area contributed by atoms with E-state index in [2.05, 4.69) is 5.32 Å². The normalized spacial score (nSPS) is 13.5. The molecule has 0 saturated heterocycles. The molecule has 33 heavy (non-hydrogen) atoms. The fourth-order valence-electron chi connectivity index (χ4n) is 3.53. The summed E-state index contributed by atoms with van der Waals surface area (Å²) in [6.45, 7) is 0. The monoisotopic (exact) mass is 449 g/mol. The number of nitrogens with zero attached hydrogens (tertiary/aromatic N) is 2. The number of amides is 2. The van der Waals surface area contributed by atoms with Crippen molar-refractivity contribution in [2.45, 2.75) is 0 Å². The number of benzene rings is 3. The van der Waals surface area contributed by atoms with Crippen molar-refractivity contribution in [2.75, 3.05) is 36.3 Å². The summed E-state index contributed by atoms with van der Waals surface area (Å²) in [5.74, 6) is -2.64. The maximum Gasteiger partial charge on any atom is 0.282 e. The van der Waals surface area contributed by atoms with Crippen LogP contribution in [-0.4, -0.2) is 33.0 Å². The third-order valence-electron chi connectivity index (χ3n) is 5.26. The highest BCUT2D eigenvalue weighted by atomic mass is 19.2. The SMILES string of the molecule is COc1ccc(C2=C(Nc3ccc(F)c(F)c3)C(=O)N(c3cccc(N(C)C)c3)C2=O)cc1. The molecule has 0 bridgehead atoms. The molecule has 3 aromatic carbocycles. The Kier molecular flexibility index (Phi) is 5.83. The van der Waals surface area contributed by atoms with E-state index < -0.39 is 23.4 Å². The van der Waals surface area contributed by atoms with Gasteiger partial charge in [0.25, 0.3) is 11.8 Å². The van der Waals surface area contributed by atoms with Crippen molar-refractivity contribution >= 4 is 34.4 Å². The summed E-state index contributed by atoms with van der Waals surface area (Å²) in [5.41, 5.74) is 1.89. The Balaban J connectivity index is 1.81. The number of ether oxygens (including phenoxy) is 1. The molecular formula is C25H21F2N3O3. The van der Waals surface area contributed by atoms with Gasteiger partial charge in [-0.25, -0.2) is 13.7 Å². The lowest BCUT2D eigenvalue weighted by Crippen LogP contribution is -2.32. The largest absolute Gasteiger partial charge is 0.497 e. The zero-order chi connectivity index (χ0) is 23.7. The summed E-state index contributed by atoms with van der Waals surface area (Å²) in [7, 11) is 5.22. The van der Waals surface area contributed by atoms with E-state index in [9.17, 15) is 18.4 Å². The van der Waals surface area contributed by atoms with Gasteiger partial charge < -0.3 is 15.0 Å². The van der Waals surface area contributed by atoms with Crippen molar-refractivity contribution in [3.63, 3.8) is 0 Å². The Morgan fingerprint density at radius 2 is 1.61 bits per heavy atom. The van der Waals surface area contributed by atoms with Crippen LogP contribution >= 0.6 is 0 Å². The Morgan fingerprint density at radius 3 is 2.24 bits per heavy atom. The van der Waals surface area contributed by atoms with Gasteiger partial charge in [0.1, 0.15) is 11.4 Å². The van der Waals surface area contributed by atoms with E-state index in [1.54, 1.807) is 42.5 Å². The quantitative estimate of drug-likeness (QED) is 0.564. The molecule has 0 saturated carbocycles. The van der Waals surface area contributed by atoms with Crippen LogP contribution in [-0.2, 0) is 9.59 Å². The van der Waals surface area contributed by atoms with Gasteiger partial charge >= 0.3 is 0 Å². The van der Waals surface area contributed by atoms with Gasteiger partial charge in [0, 0.05) is 31.5 Å². The zero-order valence-electron chi connectivity index (χ0n) is 18.2. The van der Waals surface area contributed by atoms with Gasteiger partial charge in [-0.05, 0) is 48.0 Å². The van der Waals surface area contributed by atoms with Gasteiger partial charge in [-0.15, -0.1) is 0 Å². The minimum Gasteiger partial charge on any atom is -0.497 e. The first-order valence-corrected chi connectivity index (χ1v) is 10.1. The molecule has 168 valence electrons. The van der Waals surface area contributed by atoms with Gasteiger partial charge in [-0.2, -0.15) is 0 Å². The van der Waals surface area contributed by atoms with Crippen molar-refractivity contribution in [1.29, 1.82) is 0 Å². The first-order chi connectivity index (χ1) is 15.8. The lowest BCUT2D eigenvalue weighted by atomic mass is 10.0. The highest BCUT2D eigenvalue weighted by Crippen LogP contribution is 2.35. The number of hydrogen-bond donors (Lipinski definition) is 1. The molecule has 0 unspecified atom stereocenters. The summed E-state index contributed by atoms with van der Waals surface area (Å²) in [4.78, 5) is 29.9. The summed E-state index contributed by atoms with van der Waals surface area (Å²) in [5, 5.41) is 2.82. The van der Waals surface area contributed by atoms with Crippen LogP contribution in [0.5, 0.6) is 5.75 Å². The number of rotatable bonds is 6. The minimum absolute atomic E-state index is 0.0357. The molecule has 3 aromatic rings. The number of carbonyl (C=O) groups is 2. The van der Waals surface area contributed by atoms with Crippen LogP contribution in [0.25, 0.3) is 5.57 Å². The molecule has 0 aromatic heterocycles. The highest BCUT2D eigenvalue weighted by molar-refractivity contribution is 6.46. The molecule has 6 nitrogen and oxygen atoms in total. The molecule has 0 spiro atoms. The summed E-state index contributed by atoms with van der Waals surface area (Å²) < 4.78 is 32.3. The zero-order valence-corrected chi connectivity index (χ0v) is 18.2. The maximum absolute atomic E-state index is 13.8. The third-order valence-corrected chi connectivity index (χ3v) is 5.26. The Morgan fingerprint density at radius 1 is 0.879 bits per heavy atom. The number of hydrogen-bond acceptors (Lipinski definition) is 5. The van der Waals surface area contributed by atoms with Crippen molar-refractivity contribution in [1.82, 2.24) is 0 Å². The van der Waals surface area contributed by atoms with Crippen molar-refractivity contribution in [3.05, 3.63) is 89.6 Å². The minimum atomic E-state index is -1.07. The summed E-state index contributed by atoms with van der Waals surface area (Å²) in [6.07, 6.45) is 0. The van der Waals surface area contributed by atoms with Crippen molar-refractivity contribution in [3.8, 4) is 5.75 Å². The summed E-state index contributed by atoms with van der Waals surface area (Å²) in [6, 6.07) is 16.8. The van der Waals surface area contributed by atoms with Crippen LogP contribution in [0, 0.1) is 11.6 Å². The smallest absolute Gasteiger partial charge is 0.282 e. The van der Waals surface area contributed by atoms with E-state index in [4.69, 9.17) is 4.74 Å². The molecule has 1 aliphatic rings. The Bertz CT molecular complexity index is 1270. The van der Waals surface area contributed by atoms with Crippen LogP contribution < -0.4 is 19.9 Å². The first kappa shape index (κ1) is 22.0. The van der Waals surface area contributed by atoms with E-state index in [1.807, 2.05) is 25.1 Å². The Hall–Kier alpha value is -4.20. The number of halogens is 2. The molecule has 1 N–H and O–H groups in total. The average Bonchev–Trinajstić information content (AvgIpc) is 3.05. The van der Waals surface area contributed by atoms with Crippen molar-refractivity contribution in [2.24, 2.45) is 0 Å². The molecular weight excluding hydrogens is 428 g/mol. The number of nitrogens with one attached hydrogen (secondary N) is 1. The lowest BCUT2D eigenvalue weighted by Gasteiger charge is -2.19. The molecule has 1 heterocycles. The predicted molar refractivity (Wildman–Crippen MR) is 123 cm³/mol. The molecule has 0 aliphatic carbocycles. The highest BCUT2D eigenvalue weighted by Gasteiger charge is 2.40. The van der Waals surface area contributed by atoms with Crippen LogP contribution in [0.3, 0.4) is 0 Å². The fraction of sp³-hybridized carbons (Fsp3) is 0.120. The molecule has 8 heteroatoms. The molecule has 0 atom stereocenters. The van der Waals surface area contributed by atoms with Crippen LogP contribution in [0.1, 0.15) is 5.56 Å². The molecule has 4 rings (SSSR count). The predicted octanol–water partition coefficient (Wildman–Crippen LogP) is 4.44. The van der Waals surface area contributed by atoms with E-state index in [0.29, 0.717) is 17.0 Å². The first-order valence-electron chi connectivity index (χ1n) is 10.1. The van der Waals surface area contributed by atoms with E-state index in [-0.39, 0.29) is 17.0 Å². The van der Waals surface area contributed by atoms with Gasteiger partial charge in [0.05, 0.1) is 18.4 Å². The lowest BCUT2D eigenvalue weighted by molar-refractivity contribution is -0.120. The average molecular weight is 449 g/mol. The third kappa shape index (κ3) is 4.15. The fourth-order valence-corrected chi connectivity index (χ4v) is 3.53. The topological polar surface area (TPSA) is 61.9 Å². The molecule has 2 amide bonds. The standard InChI is InChI=1S/C25H21F2N3O3/c1-29(2)17-5-4-6-18(14-17)30-24(31)22(15-7-10-19(33-3)11-8-15)23(25(30)32)28-16-9-12-20(26)21(27)13-16/h4-14,28H,1-3H3. The van der Waals surface area contributed by atoms with E-state index in [0.717, 1.165) is 22.7 Å². The number of anilines is 3. The van der Waals surface area contributed by atoms with Crippen LogP contribution in [0.15, 0.2) is 72.4 Å². The van der Waals surface area contributed by atoms with Gasteiger partial charge in [-0.1, -0.05) is 18.2 Å². The van der Waals surface area contributed by atoms with Gasteiger partial charge in [0.15, 0.2) is 11.6 Å². The molecule has 1 aliphatic heterocycles. The number of carbonyl (C=O) groups excluding carboxylic acids is 2. The second-order valence-corrected chi connectivity index (χ2v) is 7.59. The number of imide groups is 1. The molecule has 0 radical (unpaired) electrons. The van der Waals surface area contributed by atoms with Gasteiger partial charge in [-0.3, -0.25) is 9.59 Å². The second kappa shape index (κ2) is 8.74. The second-order valence-electron chi connectivity index (χ2n) is 7.59. The Labute approximate surface area is 189 Å². The van der Waals surface area contributed by atoms with Gasteiger partial charge in [0.2, 0.25) is 0 Å². The van der Waals surface area contributed by atoms with E-state index in [1.165, 1.54) is 13.2 Å². The van der Waals surface area contributed by atoms with Crippen LogP contribution in [0.4, 0.5) is 25.8 Å². The van der Waals surface area contributed by atoms with Crippen LogP contribution in [0.2, 0.25) is 0 Å². The maximum atomic E-state index is 13.8.